The van der Waals surface area contributed by atoms with E-state index >= 15 is 0 Å². The quantitative estimate of drug-likeness (QED) is 0.732. The van der Waals surface area contributed by atoms with Gasteiger partial charge in [-0.3, -0.25) is 0 Å². The van der Waals surface area contributed by atoms with E-state index in [0.29, 0.717) is 29.1 Å². The number of aromatic nitrogens is 2. The molecule has 6 heteroatoms. The minimum atomic E-state index is 0.399. The van der Waals surface area contributed by atoms with Gasteiger partial charge in [0.05, 0.1) is 19.3 Å². The predicted octanol–water partition coefficient (Wildman–Crippen LogP) is 4.63. The summed E-state index contributed by atoms with van der Waals surface area (Å²) in [6.45, 7) is 4.35. The zero-order chi connectivity index (χ0) is 17.1. The number of benzene rings is 2. The fourth-order valence-corrected chi connectivity index (χ4v) is 2.54. The number of halogens is 1. The summed E-state index contributed by atoms with van der Waals surface area (Å²) in [5, 5.41) is 12.1. The number of aryl methyl sites for hydroxylation is 2. The number of nitrogens with zero attached hydrogens (tertiary/aromatic N) is 2. The Hall–Kier alpha value is -2.53. The molecule has 2 aromatic carbocycles. The van der Waals surface area contributed by atoms with Crippen LogP contribution < -0.4 is 10.1 Å². The number of rotatable bonds is 5. The summed E-state index contributed by atoms with van der Waals surface area (Å²) >= 11 is 6.12. The number of ether oxygens (including phenoxy) is 1. The predicted molar refractivity (Wildman–Crippen MR) is 94.5 cm³/mol. The van der Waals surface area contributed by atoms with Crippen molar-refractivity contribution in [3.05, 3.63) is 58.4 Å². The number of nitrogens with one attached hydrogen (secondary N) is 1. The van der Waals surface area contributed by atoms with E-state index in [2.05, 4.69) is 15.5 Å². The molecular weight excluding hydrogens is 326 g/mol. The van der Waals surface area contributed by atoms with Crippen molar-refractivity contribution in [1.82, 2.24) is 10.2 Å². The Morgan fingerprint density at radius 2 is 1.92 bits per heavy atom. The van der Waals surface area contributed by atoms with Crippen LogP contribution in [0.25, 0.3) is 11.5 Å². The normalized spacial score (nSPS) is 10.7. The third-order valence-electron chi connectivity index (χ3n) is 3.75. The maximum Gasteiger partial charge on any atom is 0.248 e. The maximum absolute atomic E-state index is 6.12. The molecule has 0 spiro atoms. The van der Waals surface area contributed by atoms with E-state index in [0.717, 1.165) is 22.4 Å². The Bertz CT molecular complexity index is 861. The van der Waals surface area contributed by atoms with Gasteiger partial charge in [0, 0.05) is 16.7 Å². The maximum atomic E-state index is 6.12. The zero-order valence-electron chi connectivity index (χ0n) is 13.8. The lowest BCUT2D eigenvalue weighted by atomic mass is 10.1. The highest BCUT2D eigenvalue weighted by Crippen LogP contribution is 2.31. The first kappa shape index (κ1) is 16.3. The molecule has 3 aromatic rings. The molecule has 1 N–H and O–H groups in total. The van der Waals surface area contributed by atoms with Crippen molar-refractivity contribution in [1.29, 1.82) is 0 Å². The van der Waals surface area contributed by atoms with Crippen LogP contribution in [0.15, 0.2) is 40.8 Å². The standard InChI is InChI=1S/C18H18ClN3O2/c1-11-6-4-5-7-13(11)18-22-21-17(24-18)10-20-15-8-12(2)14(19)9-16(15)23-3/h4-9,20H,10H2,1-3H3. The van der Waals surface area contributed by atoms with Gasteiger partial charge in [-0.05, 0) is 37.1 Å². The molecule has 0 aliphatic heterocycles. The van der Waals surface area contributed by atoms with Gasteiger partial charge in [-0.1, -0.05) is 29.8 Å². The van der Waals surface area contributed by atoms with Crippen molar-refractivity contribution in [2.75, 3.05) is 12.4 Å². The summed E-state index contributed by atoms with van der Waals surface area (Å²) in [5.74, 6) is 1.69. The van der Waals surface area contributed by atoms with Crippen LogP contribution in [-0.2, 0) is 6.54 Å². The molecule has 0 saturated heterocycles. The number of anilines is 1. The van der Waals surface area contributed by atoms with E-state index in [4.69, 9.17) is 20.8 Å². The molecule has 1 aromatic heterocycles. The third kappa shape index (κ3) is 3.36. The van der Waals surface area contributed by atoms with Gasteiger partial charge in [-0.15, -0.1) is 10.2 Å². The monoisotopic (exact) mass is 343 g/mol. The van der Waals surface area contributed by atoms with Crippen LogP contribution >= 0.6 is 11.6 Å². The van der Waals surface area contributed by atoms with Gasteiger partial charge in [0.15, 0.2) is 0 Å². The van der Waals surface area contributed by atoms with Crippen molar-refractivity contribution >= 4 is 17.3 Å². The first-order valence-electron chi connectivity index (χ1n) is 7.55. The second-order valence-corrected chi connectivity index (χ2v) is 5.88. The number of hydrogen-bond donors (Lipinski definition) is 1. The van der Waals surface area contributed by atoms with Crippen LogP contribution in [0.3, 0.4) is 0 Å². The highest BCUT2D eigenvalue weighted by molar-refractivity contribution is 6.31. The van der Waals surface area contributed by atoms with Crippen LogP contribution in [0, 0.1) is 13.8 Å². The molecule has 0 atom stereocenters. The number of methoxy groups -OCH3 is 1. The Balaban J connectivity index is 1.77. The van der Waals surface area contributed by atoms with Crippen LogP contribution in [0.4, 0.5) is 5.69 Å². The van der Waals surface area contributed by atoms with E-state index in [1.54, 1.807) is 13.2 Å². The Morgan fingerprint density at radius 3 is 2.67 bits per heavy atom. The van der Waals surface area contributed by atoms with E-state index in [9.17, 15) is 0 Å². The van der Waals surface area contributed by atoms with Gasteiger partial charge in [0.25, 0.3) is 0 Å². The first-order valence-corrected chi connectivity index (χ1v) is 7.92. The van der Waals surface area contributed by atoms with Crippen LogP contribution in [0.1, 0.15) is 17.0 Å². The molecule has 0 aliphatic carbocycles. The summed E-state index contributed by atoms with van der Waals surface area (Å²) in [6, 6.07) is 11.6. The lowest BCUT2D eigenvalue weighted by Crippen LogP contribution is -2.02. The number of hydrogen-bond acceptors (Lipinski definition) is 5. The molecule has 0 saturated carbocycles. The molecule has 5 nitrogen and oxygen atoms in total. The van der Waals surface area contributed by atoms with Gasteiger partial charge in [-0.25, -0.2) is 0 Å². The summed E-state index contributed by atoms with van der Waals surface area (Å²) in [6.07, 6.45) is 0. The molecule has 0 fully saturated rings. The first-order chi connectivity index (χ1) is 11.6. The van der Waals surface area contributed by atoms with Crippen molar-refractivity contribution in [3.8, 4) is 17.2 Å². The average molecular weight is 344 g/mol. The van der Waals surface area contributed by atoms with Crippen LogP contribution in [-0.4, -0.2) is 17.3 Å². The molecule has 3 rings (SSSR count). The highest BCUT2D eigenvalue weighted by Gasteiger charge is 2.12. The molecule has 124 valence electrons. The van der Waals surface area contributed by atoms with Crippen molar-refractivity contribution in [3.63, 3.8) is 0 Å². The molecule has 0 radical (unpaired) electrons. The lowest BCUT2D eigenvalue weighted by molar-refractivity contribution is 0.416. The minimum Gasteiger partial charge on any atom is -0.495 e. The summed E-state index contributed by atoms with van der Waals surface area (Å²) < 4.78 is 11.1. The topological polar surface area (TPSA) is 60.2 Å². The SMILES string of the molecule is COc1cc(Cl)c(C)cc1NCc1nnc(-c2ccccc2C)o1. The minimum absolute atomic E-state index is 0.399. The van der Waals surface area contributed by atoms with Crippen LogP contribution in [0.2, 0.25) is 5.02 Å². The molecule has 0 unspecified atom stereocenters. The molecule has 0 amide bonds. The van der Waals surface area contributed by atoms with E-state index in [1.807, 2.05) is 44.2 Å². The van der Waals surface area contributed by atoms with Crippen molar-refractivity contribution in [2.45, 2.75) is 20.4 Å². The Labute approximate surface area is 145 Å². The molecule has 1 heterocycles. The van der Waals surface area contributed by atoms with Crippen molar-refractivity contribution in [2.24, 2.45) is 0 Å². The van der Waals surface area contributed by atoms with Gasteiger partial charge in [0.2, 0.25) is 11.8 Å². The Kier molecular flexibility index (Phi) is 4.71. The molecule has 24 heavy (non-hydrogen) atoms. The highest BCUT2D eigenvalue weighted by atomic mass is 35.5. The lowest BCUT2D eigenvalue weighted by Gasteiger charge is -2.11. The van der Waals surface area contributed by atoms with Gasteiger partial charge in [0.1, 0.15) is 5.75 Å². The molecule has 0 aliphatic rings. The average Bonchev–Trinajstić information content (AvgIpc) is 3.04. The van der Waals surface area contributed by atoms with Crippen molar-refractivity contribution < 1.29 is 9.15 Å². The van der Waals surface area contributed by atoms with Gasteiger partial charge >= 0.3 is 0 Å². The summed E-state index contributed by atoms with van der Waals surface area (Å²) in [5.41, 5.74) is 3.83. The van der Waals surface area contributed by atoms with Gasteiger partial charge < -0.3 is 14.5 Å². The zero-order valence-corrected chi connectivity index (χ0v) is 14.5. The smallest absolute Gasteiger partial charge is 0.248 e. The second-order valence-electron chi connectivity index (χ2n) is 5.47. The van der Waals surface area contributed by atoms with E-state index < -0.39 is 0 Å². The van der Waals surface area contributed by atoms with Gasteiger partial charge in [-0.2, -0.15) is 0 Å². The van der Waals surface area contributed by atoms with E-state index in [1.165, 1.54) is 0 Å². The molecular formula is C18H18ClN3O2. The third-order valence-corrected chi connectivity index (χ3v) is 4.16. The fraction of sp³-hybridized carbons (Fsp3) is 0.222. The second kappa shape index (κ2) is 6.93. The van der Waals surface area contributed by atoms with Crippen LogP contribution in [0.5, 0.6) is 5.75 Å². The fourth-order valence-electron chi connectivity index (χ4n) is 2.39. The largest absolute Gasteiger partial charge is 0.495 e. The summed E-state index contributed by atoms with van der Waals surface area (Å²) in [7, 11) is 1.61. The molecule has 0 bridgehead atoms. The Morgan fingerprint density at radius 1 is 1.12 bits per heavy atom. The van der Waals surface area contributed by atoms with E-state index in [-0.39, 0.29) is 0 Å². The summed E-state index contributed by atoms with van der Waals surface area (Å²) in [4.78, 5) is 0.